The van der Waals surface area contributed by atoms with Gasteiger partial charge in [-0.1, -0.05) is 0 Å². The van der Waals surface area contributed by atoms with Crippen LogP contribution < -0.4 is 4.74 Å². The van der Waals surface area contributed by atoms with E-state index in [0.717, 1.165) is 18.2 Å². The largest absolute Gasteiger partial charge is 0.497 e. The summed E-state index contributed by atoms with van der Waals surface area (Å²) in [6, 6.07) is 2.77. The molecule has 7 heteroatoms. The summed E-state index contributed by atoms with van der Waals surface area (Å²) in [6.45, 7) is 0. The first-order chi connectivity index (χ1) is 9.38. The van der Waals surface area contributed by atoms with E-state index in [1.807, 2.05) is 0 Å². The van der Waals surface area contributed by atoms with Gasteiger partial charge in [-0.05, 0) is 12.1 Å². The Kier molecular flexibility index (Phi) is 3.61. The molecule has 2 aromatic carbocycles. The van der Waals surface area contributed by atoms with Gasteiger partial charge in [0.05, 0.1) is 12.7 Å². The molecule has 0 amide bonds. The van der Waals surface area contributed by atoms with E-state index in [1.54, 1.807) is 0 Å². The molecule has 0 N–H and O–H groups in total. The molecular weight excluding hydrogens is 286 g/mol. The summed E-state index contributed by atoms with van der Waals surface area (Å²) >= 11 is 0. The zero-order valence-electron chi connectivity index (χ0n) is 9.91. The van der Waals surface area contributed by atoms with Gasteiger partial charge in [-0.25, -0.2) is 26.3 Å². The van der Waals surface area contributed by atoms with Gasteiger partial charge in [0.1, 0.15) is 11.6 Å². The van der Waals surface area contributed by atoms with Gasteiger partial charge in [-0.3, -0.25) is 0 Å². The minimum absolute atomic E-state index is 0.0371. The second-order valence-electron chi connectivity index (χ2n) is 3.79. The van der Waals surface area contributed by atoms with Crippen molar-refractivity contribution >= 4 is 0 Å². The van der Waals surface area contributed by atoms with Gasteiger partial charge in [-0.2, -0.15) is 0 Å². The summed E-state index contributed by atoms with van der Waals surface area (Å²) in [4.78, 5) is 0. The maximum absolute atomic E-state index is 13.7. The van der Waals surface area contributed by atoms with Crippen LogP contribution in [0.2, 0.25) is 0 Å². The highest BCUT2D eigenvalue weighted by Crippen LogP contribution is 2.34. The lowest BCUT2D eigenvalue weighted by molar-refractivity contribution is 0.380. The number of halogens is 6. The Bertz CT molecular complexity index is 654. The predicted molar refractivity (Wildman–Crippen MR) is 58.2 cm³/mol. The van der Waals surface area contributed by atoms with Gasteiger partial charge in [0, 0.05) is 11.6 Å². The van der Waals surface area contributed by atoms with Crippen LogP contribution in [0.4, 0.5) is 26.3 Å². The first-order valence-corrected chi connectivity index (χ1v) is 5.23. The van der Waals surface area contributed by atoms with Crippen LogP contribution in [0.1, 0.15) is 0 Å². The molecule has 0 saturated carbocycles. The molecule has 0 fully saturated rings. The van der Waals surface area contributed by atoms with Gasteiger partial charge in [0.2, 0.25) is 5.82 Å². The summed E-state index contributed by atoms with van der Waals surface area (Å²) < 4.78 is 84.4. The Morgan fingerprint density at radius 3 is 1.70 bits per heavy atom. The number of rotatable bonds is 2. The molecule has 0 bridgehead atoms. The highest BCUT2D eigenvalue weighted by molar-refractivity contribution is 5.66. The van der Waals surface area contributed by atoms with E-state index in [4.69, 9.17) is 0 Å². The third-order valence-electron chi connectivity index (χ3n) is 2.66. The topological polar surface area (TPSA) is 9.23 Å². The molecule has 0 aromatic heterocycles. The van der Waals surface area contributed by atoms with E-state index < -0.39 is 46.0 Å². The fourth-order valence-electron chi connectivity index (χ4n) is 1.67. The molecule has 106 valence electrons. The minimum atomic E-state index is -2.29. The maximum Gasteiger partial charge on any atom is 0.200 e. The SMILES string of the molecule is COc1ccc(-c2c(F)c(F)c(F)c(F)c2F)c(F)c1. The van der Waals surface area contributed by atoms with Crippen molar-refractivity contribution in [2.24, 2.45) is 0 Å². The van der Waals surface area contributed by atoms with Crippen LogP contribution in [0, 0.1) is 34.9 Å². The monoisotopic (exact) mass is 292 g/mol. The molecule has 0 spiro atoms. The summed E-state index contributed by atoms with van der Waals surface area (Å²) in [5, 5.41) is 0. The van der Waals surface area contributed by atoms with Crippen LogP contribution in [-0.2, 0) is 0 Å². The van der Waals surface area contributed by atoms with E-state index in [2.05, 4.69) is 4.74 Å². The van der Waals surface area contributed by atoms with Gasteiger partial charge < -0.3 is 4.74 Å². The van der Waals surface area contributed by atoms with Crippen LogP contribution in [0.25, 0.3) is 11.1 Å². The van der Waals surface area contributed by atoms with Gasteiger partial charge in [0.25, 0.3) is 0 Å². The molecule has 0 radical (unpaired) electrons. The molecule has 0 saturated heterocycles. The van der Waals surface area contributed by atoms with Crippen LogP contribution in [0.5, 0.6) is 5.75 Å². The zero-order valence-corrected chi connectivity index (χ0v) is 9.91. The maximum atomic E-state index is 13.7. The molecule has 20 heavy (non-hydrogen) atoms. The second kappa shape index (κ2) is 5.07. The van der Waals surface area contributed by atoms with E-state index in [0.29, 0.717) is 0 Å². The van der Waals surface area contributed by atoms with Crippen molar-refractivity contribution in [2.75, 3.05) is 7.11 Å². The predicted octanol–water partition coefficient (Wildman–Crippen LogP) is 4.20. The molecule has 0 unspecified atom stereocenters. The van der Waals surface area contributed by atoms with Gasteiger partial charge >= 0.3 is 0 Å². The molecule has 2 rings (SSSR count). The lowest BCUT2D eigenvalue weighted by atomic mass is 10.0. The molecule has 0 atom stereocenters. The van der Waals surface area contributed by atoms with Crippen LogP contribution >= 0.6 is 0 Å². The average molecular weight is 292 g/mol. The van der Waals surface area contributed by atoms with Crippen molar-refractivity contribution in [1.29, 1.82) is 0 Å². The Morgan fingerprint density at radius 1 is 0.750 bits per heavy atom. The van der Waals surface area contributed by atoms with Crippen molar-refractivity contribution in [3.63, 3.8) is 0 Å². The zero-order chi connectivity index (χ0) is 15.0. The minimum Gasteiger partial charge on any atom is -0.497 e. The molecular formula is C13H6F6O. The van der Waals surface area contributed by atoms with E-state index in [-0.39, 0.29) is 5.75 Å². The van der Waals surface area contributed by atoms with E-state index in [1.165, 1.54) is 7.11 Å². The van der Waals surface area contributed by atoms with Crippen molar-refractivity contribution in [3.05, 3.63) is 53.1 Å². The van der Waals surface area contributed by atoms with Gasteiger partial charge in [-0.15, -0.1) is 0 Å². The number of hydrogen-bond acceptors (Lipinski definition) is 1. The van der Waals surface area contributed by atoms with Crippen molar-refractivity contribution in [3.8, 4) is 16.9 Å². The average Bonchev–Trinajstić information content (AvgIpc) is 2.44. The van der Waals surface area contributed by atoms with Crippen LogP contribution in [-0.4, -0.2) is 7.11 Å². The Hall–Kier alpha value is -2.18. The standard InChI is InChI=1S/C13H6F6O/c1-20-5-2-3-6(7(14)4-5)8-9(15)11(17)13(19)12(18)10(8)16/h2-4H,1H3. The van der Waals surface area contributed by atoms with Crippen molar-refractivity contribution in [1.82, 2.24) is 0 Å². The molecule has 0 aliphatic heterocycles. The Morgan fingerprint density at radius 2 is 1.25 bits per heavy atom. The summed E-state index contributed by atoms with van der Waals surface area (Å²) in [6.07, 6.45) is 0. The Balaban J connectivity index is 2.76. The number of hydrogen-bond donors (Lipinski definition) is 0. The summed E-state index contributed by atoms with van der Waals surface area (Å²) in [5.74, 6) is -11.9. The summed E-state index contributed by atoms with van der Waals surface area (Å²) in [5.41, 5.74) is -2.07. The van der Waals surface area contributed by atoms with Crippen molar-refractivity contribution in [2.45, 2.75) is 0 Å². The van der Waals surface area contributed by atoms with E-state index in [9.17, 15) is 26.3 Å². The van der Waals surface area contributed by atoms with Crippen LogP contribution in [0.15, 0.2) is 18.2 Å². The van der Waals surface area contributed by atoms with Gasteiger partial charge in [0.15, 0.2) is 23.3 Å². The van der Waals surface area contributed by atoms with Crippen LogP contribution in [0.3, 0.4) is 0 Å². The highest BCUT2D eigenvalue weighted by Gasteiger charge is 2.28. The highest BCUT2D eigenvalue weighted by atomic mass is 19.2. The second-order valence-corrected chi connectivity index (χ2v) is 3.79. The first-order valence-electron chi connectivity index (χ1n) is 5.23. The van der Waals surface area contributed by atoms with E-state index >= 15 is 0 Å². The lowest BCUT2D eigenvalue weighted by Crippen LogP contribution is -2.05. The third-order valence-corrected chi connectivity index (χ3v) is 2.66. The summed E-state index contributed by atoms with van der Waals surface area (Å²) in [7, 11) is 1.23. The first kappa shape index (κ1) is 14.2. The quantitative estimate of drug-likeness (QED) is 0.458. The number of methoxy groups -OCH3 is 1. The third kappa shape index (κ3) is 2.09. The fraction of sp³-hybridized carbons (Fsp3) is 0.0769. The number of ether oxygens (including phenoxy) is 1. The number of benzene rings is 2. The molecule has 2 aromatic rings. The molecule has 0 aliphatic rings. The normalized spacial score (nSPS) is 10.8. The smallest absolute Gasteiger partial charge is 0.200 e. The Labute approximate surface area is 109 Å². The molecule has 0 aliphatic carbocycles. The van der Waals surface area contributed by atoms with Crippen molar-refractivity contribution < 1.29 is 31.1 Å². The fourth-order valence-corrected chi connectivity index (χ4v) is 1.67. The molecule has 1 nitrogen and oxygen atoms in total. The molecule has 0 heterocycles. The lowest BCUT2D eigenvalue weighted by Gasteiger charge is -2.10.